The molecule has 2 rings (SSSR count). The molecule has 0 bridgehead atoms. The minimum absolute atomic E-state index is 0.145. The van der Waals surface area contributed by atoms with E-state index in [9.17, 15) is 4.79 Å². The first kappa shape index (κ1) is 14.4. The van der Waals surface area contributed by atoms with E-state index in [0.717, 1.165) is 23.6 Å². The summed E-state index contributed by atoms with van der Waals surface area (Å²) in [5.41, 5.74) is 2.05. The number of aromatic nitrogens is 2. The fraction of sp³-hybridized carbons (Fsp3) is 0.467. The largest absolute Gasteiger partial charge is 0.454 e. The van der Waals surface area contributed by atoms with Gasteiger partial charge in [-0.05, 0) is 45.4 Å². The average Bonchev–Trinajstić information content (AvgIpc) is 2.97. The van der Waals surface area contributed by atoms with Gasteiger partial charge in [0, 0.05) is 11.7 Å². The Labute approximate surface area is 119 Å². The van der Waals surface area contributed by atoms with Gasteiger partial charge >= 0.3 is 0 Å². The van der Waals surface area contributed by atoms with Crippen LogP contribution in [0.1, 0.15) is 48.0 Å². The van der Waals surface area contributed by atoms with Crippen molar-refractivity contribution in [2.24, 2.45) is 0 Å². The number of aryl methyl sites for hydroxylation is 2. The fourth-order valence-electron chi connectivity index (χ4n) is 1.96. The van der Waals surface area contributed by atoms with Crippen LogP contribution < -0.4 is 5.32 Å². The molecule has 2 heterocycles. The number of rotatable bonds is 5. The van der Waals surface area contributed by atoms with Crippen LogP contribution in [0, 0.1) is 13.8 Å². The molecule has 20 heavy (non-hydrogen) atoms. The van der Waals surface area contributed by atoms with Gasteiger partial charge in [0.1, 0.15) is 5.76 Å². The maximum absolute atomic E-state index is 11.9. The monoisotopic (exact) mass is 275 g/mol. The maximum atomic E-state index is 11.9. The zero-order chi connectivity index (χ0) is 14.7. The lowest BCUT2D eigenvalue weighted by atomic mass is 10.2. The molecule has 0 aromatic carbocycles. The van der Waals surface area contributed by atoms with Gasteiger partial charge in [0.25, 0.3) is 5.91 Å². The van der Waals surface area contributed by atoms with Crippen LogP contribution in [0.4, 0.5) is 0 Å². The molecular weight excluding hydrogens is 254 g/mol. The van der Waals surface area contributed by atoms with Crippen molar-refractivity contribution in [1.82, 2.24) is 15.1 Å². The number of carbonyl (C=O) groups is 1. The van der Waals surface area contributed by atoms with E-state index in [1.807, 2.05) is 44.5 Å². The number of carbonyl (C=O) groups excluding carboxylic acids is 1. The molecule has 2 aromatic rings. The molecule has 5 heteroatoms. The van der Waals surface area contributed by atoms with E-state index in [2.05, 4.69) is 10.4 Å². The van der Waals surface area contributed by atoms with Crippen LogP contribution in [0.2, 0.25) is 0 Å². The number of hydrogen-bond acceptors (Lipinski definition) is 3. The molecule has 1 amide bonds. The minimum atomic E-state index is -0.168. The van der Waals surface area contributed by atoms with Crippen molar-refractivity contribution in [2.75, 3.05) is 0 Å². The summed E-state index contributed by atoms with van der Waals surface area (Å²) in [4.78, 5) is 11.9. The van der Waals surface area contributed by atoms with E-state index >= 15 is 0 Å². The van der Waals surface area contributed by atoms with Crippen molar-refractivity contribution in [3.8, 4) is 0 Å². The summed E-state index contributed by atoms with van der Waals surface area (Å²) >= 11 is 0. The van der Waals surface area contributed by atoms with Gasteiger partial charge in [-0.15, -0.1) is 0 Å². The van der Waals surface area contributed by atoms with Crippen molar-refractivity contribution < 1.29 is 9.21 Å². The predicted molar refractivity (Wildman–Crippen MR) is 76.7 cm³/mol. The third-order valence-corrected chi connectivity index (χ3v) is 3.28. The summed E-state index contributed by atoms with van der Waals surface area (Å²) in [5, 5.41) is 7.26. The van der Waals surface area contributed by atoms with Crippen LogP contribution in [0.25, 0.3) is 0 Å². The summed E-state index contributed by atoms with van der Waals surface area (Å²) in [7, 11) is 0. The first-order valence-electron chi connectivity index (χ1n) is 6.90. The van der Waals surface area contributed by atoms with E-state index in [4.69, 9.17) is 4.42 Å². The van der Waals surface area contributed by atoms with Crippen LogP contribution >= 0.6 is 0 Å². The molecule has 0 saturated carbocycles. The van der Waals surface area contributed by atoms with E-state index in [1.165, 1.54) is 0 Å². The van der Waals surface area contributed by atoms with Gasteiger partial charge in [0.15, 0.2) is 5.76 Å². The van der Waals surface area contributed by atoms with Gasteiger partial charge in [-0.25, -0.2) is 0 Å². The molecule has 5 nitrogen and oxygen atoms in total. The second kappa shape index (κ2) is 5.94. The fourth-order valence-corrected chi connectivity index (χ4v) is 1.96. The highest BCUT2D eigenvalue weighted by Crippen LogP contribution is 2.12. The number of furan rings is 1. The number of amides is 1. The van der Waals surface area contributed by atoms with Gasteiger partial charge in [0.2, 0.25) is 0 Å². The molecule has 0 spiro atoms. The number of hydrogen-bond donors (Lipinski definition) is 1. The predicted octanol–water partition coefficient (Wildman–Crippen LogP) is 2.67. The zero-order valence-corrected chi connectivity index (χ0v) is 12.4. The molecule has 1 atom stereocenters. The van der Waals surface area contributed by atoms with Crippen molar-refractivity contribution in [2.45, 2.75) is 46.7 Å². The van der Waals surface area contributed by atoms with Crippen molar-refractivity contribution >= 4 is 5.91 Å². The first-order chi connectivity index (χ1) is 9.49. The van der Waals surface area contributed by atoms with Crippen molar-refractivity contribution in [3.05, 3.63) is 41.1 Å². The van der Waals surface area contributed by atoms with Crippen LogP contribution in [0.5, 0.6) is 0 Å². The smallest absolute Gasteiger partial charge is 0.287 e. The SMILES string of the molecule is CC[C@H](C)NC(=O)c1ccc(Cn2nc(C)cc2C)o1. The Balaban J connectivity index is 2.05. The third kappa shape index (κ3) is 3.29. The van der Waals surface area contributed by atoms with Crippen LogP contribution in [-0.2, 0) is 6.54 Å². The topological polar surface area (TPSA) is 60.1 Å². The Kier molecular flexibility index (Phi) is 4.27. The van der Waals surface area contributed by atoms with Gasteiger partial charge in [-0.2, -0.15) is 5.10 Å². The summed E-state index contributed by atoms with van der Waals surface area (Å²) in [6, 6.07) is 5.69. The van der Waals surface area contributed by atoms with E-state index in [0.29, 0.717) is 12.3 Å². The van der Waals surface area contributed by atoms with Gasteiger partial charge in [-0.3, -0.25) is 9.48 Å². The second-order valence-corrected chi connectivity index (χ2v) is 5.13. The van der Waals surface area contributed by atoms with Gasteiger partial charge in [0.05, 0.1) is 12.2 Å². The van der Waals surface area contributed by atoms with E-state index in [-0.39, 0.29) is 11.9 Å². The lowest BCUT2D eigenvalue weighted by Gasteiger charge is -2.09. The molecule has 0 radical (unpaired) electrons. The van der Waals surface area contributed by atoms with Crippen molar-refractivity contribution in [3.63, 3.8) is 0 Å². The van der Waals surface area contributed by atoms with Crippen LogP contribution in [0.15, 0.2) is 22.6 Å². The molecule has 0 saturated heterocycles. The molecule has 108 valence electrons. The summed E-state index contributed by atoms with van der Waals surface area (Å²) in [5.74, 6) is 0.909. The van der Waals surface area contributed by atoms with E-state index in [1.54, 1.807) is 6.07 Å². The van der Waals surface area contributed by atoms with Gasteiger partial charge < -0.3 is 9.73 Å². The standard InChI is InChI=1S/C15H21N3O2/c1-5-10(2)16-15(19)14-7-6-13(20-14)9-18-12(4)8-11(3)17-18/h6-8,10H,5,9H2,1-4H3,(H,16,19)/t10-/m0/s1. The maximum Gasteiger partial charge on any atom is 0.287 e. The Hall–Kier alpha value is -2.04. The molecule has 0 aliphatic carbocycles. The average molecular weight is 275 g/mol. The highest BCUT2D eigenvalue weighted by Gasteiger charge is 2.13. The Morgan fingerprint density at radius 1 is 1.45 bits per heavy atom. The normalized spacial score (nSPS) is 12.4. The quantitative estimate of drug-likeness (QED) is 0.912. The number of nitrogens with zero attached hydrogens (tertiary/aromatic N) is 2. The lowest BCUT2D eigenvalue weighted by Crippen LogP contribution is -2.31. The van der Waals surface area contributed by atoms with Crippen molar-refractivity contribution in [1.29, 1.82) is 0 Å². The van der Waals surface area contributed by atoms with Crippen LogP contribution in [-0.4, -0.2) is 21.7 Å². The lowest BCUT2D eigenvalue weighted by molar-refractivity contribution is 0.0909. The third-order valence-electron chi connectivity index (χ3n) is 3.28. The van der Waals surface area contributed by atoms with Crippen LogP contribution in [0.3, 0.4) is 0 Å². The highest BCUT2D eigenvalue weighted by atomic mass is 16.4. The Bertz CT molecular complexity index is 598. The molecular formula is C15H21N3O2. The molecule has 2 aromatic heterocycles. The van der Waals surface area contributed by atoms with Gasteiger partial charge in [-0.1, -0.05) is 6.92 Å². The molecule has 0 aliphatic heterocycles. The Morgan fingerprint density at radius 2 is 2.20 bits per heavy atom. The molecule has 0 fully saturated rings. The number of nitrogens with one attached hydrogen (secondary N) is 1. The minimum Gasteiger partial charge on any atom is -0.454 e. The first-order valence-corrected chi connectivity index (χ1v) is 6.90. The Morgan fingerprint density at radius 3 is 2.80 bits per heavy atom. The summed E-state index contributed by atoms with van der Waals surface area (Å²) in [6.07, 6.45) is 0.894. The molecule has 0 unspecified atom stereocenters. The van der Waals surface area contributed by atoms with E-state index < -0.39 is 0 Å². The molecule has 1 N–H and O–H groups in total. The second-order valence-electron chi connectivity index (χ2n) is 5.13. The highest BCUT2D eigenvalue weighted by molar-refractivity contribution is 5.91. The molecule has 0 aliphatic rings. The summed E-state index contributed by atoms with van der Waals surface area (Å²) < 4.78 is 7.45. The zero-order valence-electron chi connectivity index (χ0n) is 12.4. The summed E-state index contributed by atoms with van der Waals surface area (Å²) in [6.45, 7) is 8.49.